The van der Waals surface area contributed by atoms with Crippen LogP contribution in [-0.4, -0.2) is 26.2 Å². The third-order valence-electron chi connectivity index (χ3n) is 4.75. The molecule has 30 heavy (non-hydrogen) atoms. The summed E-state index contributed by atoms with van der Waals surface area (Å²) in [7, 11) is 0. The maximum atomic E-state index is 12.4. The lowest BCUT2D eigenvalue weighted by Gasteiger charge is -2.07. The molecule has 0 fully saturated rings. The van der Waals surface area contributed by atoms with Gasteiger partial charge in [0.15, 0.2) is 0 Å². The van der Waals surface area contributed by atoms with Gasteiger partial charge in [0.2, 0.25) is 5.91 Å². The SMILES string of the molecule is Cc1c(C)n(Cc2ccco2)c2ncnc(SCC(=O)Nc3cc(Cl)cc(Cl)c3)c12. The Morgan fingerprint density at radius 2 is 1.97 bits per heavy atom. The van der Waals surface area contributed by atoms with Crippen LogP contribution in [0, 0.1) is 13.8 Å². The van der Waals surface area contributed by atoms with Crippen molar-refractivity contribution in [3.63, 3.8) is 0 Å². The van der Waals surface area contributed by atoms with E-state index in [0.29, 0.717) is 22.3 Å². The minimum Gasteiger partial charge on any atom is -0.467 e. The Balaban J connectivity index is 1.55. The van der Waals surface area contributed by atoms with Gasteiger partial charge in [0, 0.05) is 21.4 Å². The molecular formula is C21H18Cl2N4O2S. The second-order valence-corrected chi connectivity index (χ2v) is 8.59. The van der Waals surface area contributed by atoms with Gasteiger partial charge in [0.1, 0.15) is 22.8 Å². The minimum absolute atomic E-state index is 0.172. The summed E-state index contributed by atoms with van der Waals surface area (Å²) in [6.07, 6.45) is 3.18. The maximum Gasteiger partial charge on any atom is 0.234 e. The fourth-order valence-electron chi connectivity index (χ4n) is 3.25. The second-order valence-electron chi connectivity index (χ2n) is 6.75. The van der Waals surface area contributed by atoms with E-state index in [0.717, 1.165) is 33.1 Å². The Morgan fingerprint density at radius 1 is 1.20 bits per heavy atom. The summed E-state index contributed by atoms with van der Waals surface area (Å²) < 4.78 is 7.59. The van der Waals surface area contributed by atoms with Crippen LogP contribution in [0.1, 0.15) is 17.0 Å². The van der Waals surface area contributed by atoms with Crippen molar-refractivity contribution in [3.8, 4) is 0 Å². The van der Waals surface area contributed by atoms with E-state index in [2.05, 4.69) is 19.9 Å². The molecule has 0 radical (unpaired) electrons. The molecule has 1 aromatic carbocycles. The number of thioether (sulfide) groups is 1. The maximum absolute atomic E-state index is 12.4. The zero-order chi connectivity index (χ0) is 21.3. The summed E-state index contributed by atoms with van der Waals surface area (Å²) in [6.45, 7) is 4.67. The van der Waals surface area contributed by atoms with Gasteiger partial charge in [-0.25, -0.2) is 9.97 Å². The number of fused-ring (bicyclic) bond motifs is 1. The number of hydrogen-bond donors (Lipinski definition) is 1. The Kier molecular flexibility index (Phi) is 6.04. The van der Waals surface area contributed by atoms with Crippen molar-refractivity contribution >= 4 is 57.6 Å². The molecule has 4 rings (SSSR count). The van der Waals surface area contributed by atoms with Crippen molar-refractivity contribution in [3.05, 3.63) is 70.0 Å². The average molecular weight is 461 g/mol. The molecule has 0 bridgehead atoms. The number of halogens is 2. The van der Waals surface area contributed by atoms with E-state index >= 15 is 0 Å². The van der Waals surface area contributed by atoms with Crippen LogP contribution < -0.4 is 5.32 Å². The van der Waals surface area contributed by atoms with Crippen LogP contribution in [0.4, 0.5) is 5.69 Å². The lowest BCUT2D eigenvalue weighted by Crippen LogP contribution is -2.14. The second kappa shape index (κ2) is 8.71. The van der Waals surface area contributed by atoms with Gasteiger partial charge in [-0.2, -0.15) is 0 Å². The number of nitrogens with zero attached hydrogens (tertiary/aromatic N) is 3. The van der Waals surface area contributed by atoms with E-state index in [4.69, 9.17) is 27.6 Å². The first-order chi connectivity index (χ1) is 14.4. The molecule has 0 atom stereocenters. The highest BCUT2D eigenvalue weighted by molar-refractivity contribution is 8.00. The highest BCUT2D eigenvalue weighted by Gasteiger charge is 2.18. The largest absolute Gasteiger partial charge is 0.467 e. The Bertz CT molecular complexity index is 1200. The van der Waals surface area contributed by atoms with Gasteiger partial charge in [0.05, 0.1) is 23.9 Å². The predicted octanol–water partition coefficient (Wildman–Crippen LogP) is 5.73. The molecule has 0 saturated carbocycles. The van der Waals surface area contributed by atoms with Crippen LogP contribution in [0.25, 0.3) is 11.0 Å². The van der Waals surface area contributed by atoms with E-state index in [-0.39, 0.29) is 11.7 Å². The number of nitrogens with one attached hydrogen (secondary N) is 1. The van der Waals surface area contributed by atoms with Gasteiger partial charge in [-0.05, 0) is 49.7 Å². The summed E-state index contributed by atoms with van der Waals surface area (Å²) >= 11 is 13.3. The molecule has 3 heterocycles. The number of anilines is 1. The first-order valence-corrected chi connectivity index (χ1v) is 10.9. The monoisotopic (exact) mass is 460 g/mol. The van der Waals surface area contributed by atoms with Crippen LogP contribution >= 0.6 is 35.0 Å². The number of aryl methyl sites for hydroxylation is 1. The van der Waals surface area contributed by atoms with Crippen molar-refractivity contribution < 1.29 is 9.21 Å². The molecule has 1 N–H and O–H groups in total. The Morgan fingerprint density at radius 3 is 2.67 bits per heavy atom. The Hall–Kier alpha value is -2.48. The van der Waals surface area contributed by atoms with E-state index in [1.807, 2.05) is 26.0 Å². The number of carbonyl (C=O) groups is 1. The topological polar surface area (TPSA) is 73.0 Å². The number of furan rings is 1. The van der Waals surface area contributed by atoms with Crippen LogP contribution in [-0.2, 0) is 11.3 Å². The van der Waals surface area contributed by atoms with Gasteiger partial charge in [-0.15, -0.1) is 0 Å². The molecule has 1 amide bonds. The Labute approximate surface area is 187 Å². The molecule has 0 unspecified atom stereocenters. The van der Waals surface area contributed by atoms with Crippen LogP contribution in [0.5, 0.6) is 0 Å². The minimum atomic E-state index is -0.172. The van der Waals surface area contributed by atoms with E-state index in [1.54, 1.807) is 24.5 Å². The molecule has 154 valence electrons. The lowest BCUT2D eigenvalue weighted by molar-refractivity contribution is -0.113. The molecular weight excluding hydrogens is 443 g/mol. The van der Waals surface area contributed by atoms with E-state index < -0.39 is 0 Å². The van der Waals surface area contributed by atoms with Crippen molar-refractivity contribution in [1.29, 1.82) is 0 Å². The number of benzene rings is 1. The van der Waals surface area contributed by atoms with Crippen LogP contribution in [0.15, 0.2) is 52.4 Å². The lowest BCUT2D eigenvalue weighted by atomic mass is 10.2. The molecule has 9 heteroatoms. The van der Waals surface area contributed by atoms with Crippen LogP contribution in [0.2, 0.25) is 10.0 Å². The molecule has 0 aliphatic carbocycles. The summed E-state index contributed by atoms with van der Waals surface area (Å²) in [5, 5.41) is 5.45. The highest BCUT2D eigenvalue weighted by Crippen LogP contribution is 2.32. The van der Waals surface area contributed by atoms with Gasteiger partial charge >= 0.3 is 0 Å². The molecule has 3 aromatic heterocycles. The van der Waals surface area contributed by atoms with Crippen molar-refractivity contribution in [2.24, 2.45) is 0 Å². The molecule has 0 saturated heterocycles. The number of aromatic nitrogens is 3. The smallest absolute Gasteiger partial charge is 0.234 e. The average Bonchev–Trinajstić information content (AvgIpc) is 3.29. The standard InChI is InChI=1S/C21H18Cl2N4O2S/c1-12-13(2)27(9-17-4-3-5-29-17)20-19(12)21(25-11-24-20)30-10-18(28)26-16-7-14(22)6-15(23)8-16/h3-8,11H,9-10H2,1-2H3,(H,26,28). The quantitative estimate of drug-likeness (QED) is 0.293. The van der Waals surface area contributed by atoms with E-state index in [9.17, 15) is 4.79 Å². The van der Waals surface area contributed by atoms with Crippen molar-refractivity contribution in [2.75, 3.05) is 11.1 Å². The summed E-state index contributed by atoms with van der Waals surface area (Å²) in [6, 6.07) is 8.72. The molecule has 6 nitrogen and oxygen atoms in total. The number of amides is 1. The first-order valence-electron chi connectivity index (χ1n) is 9.14. The van der Waals surface area contributed by atoms with Crippen molar-refractivity contribution in [2.45, 2.75) is 25.4 Å². The van der Waals surface area contributed by atoms with Gasteiger partial charge in [-0.3, -0.25) is 4.79 Å². The summed E-state index contributed by atoms with van der Waals surface area (Å²) in [4.78, 5) is 21.3. The predicted molar refractivity (Wildman–Crippen MR) is 121 cm³/mol. The molecule has 4 aromatic rings. The number of rotatable bonds is 6. The first kappa shape index (κ1) is 20.8. The fourth-order valence-corrected chi connectivity index (χ4v) is 4.63. The van der Waals surface area contributed by atoms with Gasteiger partial charge < -0.3 is 14.3 Å². The molecule has 0 aliphatic rings. The van der Waals surface area contributed by atoms with Crippen LogP contribution in [0.3, 0.4) is 0 Å². The third kappa shape index (κ3) is 4.33. The summed E-state index contributed by atoms with van der Waals surface area (Å²) in [5.74, 6) is 0.870. The molecule has 0 spiro atoms. The third-order valence-corrected chi connectivity index (χ3v) is 6.18. The fraction of sp³-hybridized carbons (Fsp3) is 0.190. The zero-order valence-corrected chi connectivity index (χ0v) is 18.6. The van der Waals surface area contributed by atoms with Gasteiger partial charge in [-0.1, -0.05) is 35.0 Å². The summed E-state index contributed by atoms with van der Waals surface area (Å²) in [5.41, 5.74) is 3.55. The van der Waals surface area contributed by atoms with Crippen molar-refractivity contribution in [1.82, 2.24) is 14.5 Å². The van der Waals surface area contributed by atoms with E-state index in [1.165, 1.54) is 18.1 Å². The molecule has 0 aliphatic heterocycles. The van der Waals surface area contributed by atoms with Gasteiger partial charge in [0.25, 0.3) is 0 Å². The number of hydrogen-bond acceptors (Lipinski definition) is 5. The zero-order valence-electron chi connectivity index (χ0n) is 16.3. The normalized spacial score (nSPS) is 11.2. The highest BCUT2D eigenvalue weighted by atomic mass is 35.5. The number of carbonyl (C=O) groups excluding carboxylic acids is 1.